The van der Waals surface area contributed by atoms with Crippen molar-refractivity contribution in [1.82, 2.24) is 4.98 Å². The Kier molecular flexibility index (Phi) is 3.59. The molecule has 2 rings (SSSR count). The number of para-hydroxylation sites is 1. The second kappa shape index (κ2) is 5.17. The summed E-state index contributed by atoms with van der Waals surface area (Å²) < 4.78 is 43.0. The molecule has 1 heterocycles. The average molecular weight is 269 g/mol. The van der Waals surface area contributed by atoms with Gasteiger partial charge >= 0.3 is 6.18 Å². The van der Waals surface area contributed by atoms with Crippen LogP contribution in [0.15, 0.2) is 42.6 Å². The average Bonchev–Trinajstić information content (AvgIpc) is 2.89. The fourth-order valence-electron chi connectivity index (χ4n) is 1.55. The summed E-state index contributed by atoms with van der Waals surface area (Å²) in [4.78, 5) is 14.3. The van der Waals surface area contributed by atoms with E-state index in [1.807, 2.05) is 0 Å². The lowest BCUT2D eigenvalue weighted by Crippen LogP contribution is -2.15. The van der Waals surface area contributed by atoms with Gasteiger partial charge in [0.25, 0.3) is 0 Å². The monoisotopic (exact) mass is 269 g/mol. The van der Waals surface area contributed by atoms with Crippen LogP contribution in [0, 0.1) is 0 Å². The van der Waals surface area contributed by atoms with Crippen molar-refractivity contribution < 1.29 is 22.7 Å². The van der Waals surface area contributed by atoms with Crippen LogP contribution in [-0.4, -0.2) is 17.4 Å². The van der Waals surface area contributed by atoms with Gasteiger partial charge in [0.1, 0.15) is 5.75 Å². The number of ether oxygens (including phenoxy) is 1. The van der Waals surface area contributed by atoms with Gasteiger partial charge in [-0.1, -0.05) is 12.1 Å². The van der Waals surface area contributed by atoms with Gasteiger partial charge in [0.2, 0.25) is 5.78 Å². The highest BCUT2D eigenvalue weighted by Crippen LogP contribution is 2.35. The van der Waals surface area contributed by atoms with Gasteiger partial charge in [-0.25, -0.2) is 0 Å². The molecule has 0 aliphatic carbocycles. The van der Waals surface area contributed by atoms with E-state index in [9.17, 15) is 18.0 Å². The predicted molar refractivity (Wildman–Crippen MR) is 62.1 cm³/mol. The smallest absolute Gasteiger partial charge is 0.419 e. The van der Waals surface area contributed by atoms with Crippen molar-refractivity contribution in [1.29, 1.82) is 0 Å². The molecule has 19 heavy (non-hydrogen) atoms. The highest BCUT2D eigenvalue weighted by molar-refractivity contribution is 5.95. The molecule has 0 radical (unpaired) electrons. The Morgan fingerprint density at radius 3 is 2.53 bits per heavy atom. The molecule has 1 N–H and O–H groups in total. The Bertz CT molecular complexity index is 562. The minimum atomic E-state index is -4.51. The van der Waals surface area contributed by atoms with Gasteiger partial charge in [-0.2, -0.15) is 13.2 Å². The Hall–Kier alpha value is -2.24. The lowest BCUT2D eigenvalue weighted by molar-refractivity contribution is -0.138. The largest absolute Gasteiger partial charge is 0.485 e. The second-order valence-electron chi connectivity index (χ2n) is 3.79. The Balaban J connectivity index is 2.10. The molecule has 0 aliphatic rings. The van der Waals surface area contributed by atoms with Crippen LogP contribution in [0.25, 0.3) is 0 Å². The Morgan fingerprint density at radius 1 is 1.16 bits per heavy atom. The van der Waals surface area contributed by atoms with E-state index < -0.39 is 24.1 Å². The lowest BCUT2D eigenvalue weighted by atomic mass is 10.2. The molecule has 0 saturated heterocycles. The van der Waals surface area contributed by atoms with E-state index in [1.54, 1.807) is 12.3 Å². The summed E-state index contributed by atoms with van der Waals surface area (Å²) in [5.74, 6) is -0.767. The van der Waals surface area contributed by atoms with Crippen LogP contribution < -0.4 is 4.74 Å². The summed E-state index contributed by atoms with van der Waals surface area (Å²) in [5, 5.41) is 0. The van der Waals surface area contributed by atoms with Crippen LogP contribution in [0.1, 0.15) is 16.1 Å². The normalized spacial score (nSPS) is 11.3. The van der Waals surface area contributed by atoms with Crippen LogP contribution in [0.5, 0.6) is 5.75 Å². The van der Waals surface area contributed by atoms with Crippen LogP contribution in [0.2, 0.25) is 0 Å². The molecule has 0 amide bonds. The Morgan fingerprint density at radius 2 is 1.89 bits per heavy atom. The third kappa shape index (κ3) is 3.15. The molecule has 3 nitrogen and oxygen atoms in total. The fraction of sp³-hybridized carbons (Fsp3) is 0.154. The molecule has 100 valence electrons. The molecule has 0 unspecified atom stereocenters. The molecular weight excluding hydrogens is 259 g/mol. The van der Waals surface area contributed by atoms with Gasteiger partial charge < -0.3 is 9.72 Å². The first kappa shape index (κ1) is 13.2. The van der Waals surface area contributed by atoms with Crippen molar-refractivity contribution in [3.63, 3.8) is 0 Å². The van der Waals surface area contributed by atoms with Crippen molar-refractivity contribution in [3.05, 3.63) is 53.9 Å². The summed E-state index contributed by atoms with van der Waals surface area (Å²) in [6.07, 6.45) is -2.96. The number of H-pyrrole nitrogens is 1. The number of ketones is 1. The number of carbonyl (C=O) groups excluding carboxylic acids is 1. The summed E-state index contributed by atoms with van der Waals surface area (Å²) in [6, 6.07) is 7.93. The lowest BCUT2D eigenvalue weighted by Gasteiger charge is -2.12. The highest BCUT2D eigenvalue weighted by Gasteiger charge is 2.34. The standard InChI is InChI=1S/C13H10F3NO2/c14-13(15,16)9-4-1-2-6-12(9)19-8-11(18)10-5-3-7-17-10/h1-7,17H,8H2. The molecule has 0 atom stereocenters. The first-order chi connectivity index (χ1) is 8.98. The SMILES string of the molecule is O=C(COc1ccccc1C(F)(F)F)c1ccc[nH]1. The highest BCUT2D eigenvalue weighted by atomic mass is 19.4. The van der Waals surface area contributed by atoms with Crippen molar-refractivity contribution in [2.45, 2.75) is 6.18 Å². The number of carbonyl (C=O) groups is 1. The maximum absolute atomic E-state index is 12.7. The minimum Gasteiger partial charge on any atom is -0.485 e. The van der Waals surface area contributed by atoms with Crippen molar-refractivity contribution in [2.24, 2.45) is 0 Å². The zero-order chi connectivity index (χ0) is 13.9. The van der Waals surface area contributed by atoms with E-state index >= 15 is 0 Å². The summed E-state index contributed by atoms with van der Waals surface area (Å²) in [6.45, 7) is -0.451. The number of benzene rings is 1. The molecule has 2 aromatic rings. The van der Waals surface area contributed by atoms with Crippen LogP contribution in [0.3, 0.4) is 0 Å². The van der Waals surface area contributed by atoms with Gasteiger partial charge in [-0.15, -0.1) is 0 Å². The number of halogens is 3. The summed E-state index contributed by atoms with van der Waals surface area (Å²) in [7, 11) is 0. The molecule has 0 aliphatic heterocycles. The maximum atomic E-state index is 12.7. The topological polar surface area (TPSA) is 42.1 Å². The first-order valence-electron chi connectivity index (χ1n) is 5.44. The molecule has 0 fully saturated rings. The van der Waals surface area contributed by atoms with Crippen LogP contribution in [0.4, 0.5) is 13.2 Å². The first-order valence-corrected chi connectivity index (χ1v) is 5.44. The number of Topliss-reactive ketones (excluding diaryl/α,β-unsaturated/α-hetero) is 1. The van der Waals surface area contributed by atoms with Crippen molar-refractivity contribution >= 4 is 5.78 Å². The van der Waals surface area contributed by atoms with Crippen molar-refractivity contribution in [2.75, 3.05) is 6.61 Å². The fourth-order valence-corrected chi connectivity index (χ4v) is 1.55. The second-order valence-corrected chi connectivity index (χ2v) is 3.79. The predicted octanol–water partition coefficient (Wildman–Crippen LogP) is 3.30. The number of alkyl halides is 3. The third-order valence-electron chi connectivity index (χ3n) is 2.45. The molecule has 0 bridgehead atoms. The van der Waals surface area contributed by atoms with Gasteiger partial charge in [0.15, 0.2) is 6.61 Å². The van der Waals surface area contributed by atoms with Crippen molar-refractivity contribution in [3.8, 4) is 5.75 Å². The van der Waals surface area contributed by atoms with Gasteiger partial charge in [0, 0.05) is 6.20 Å². The van der Waals surface area contributed by atoms with Gasteiger partial charge in [-0.3, -0.25) is 4.79 Å². The van der Waals surface area contributed by atoms with E-state index in [0.717, 1.165) is 6.07 Å². The van der Waals surface area contributed by atoms with Gasteiger partial charge in [-0.05, 0) is 24.3 Å². The van der Waals surface area contributed by atoms with E-state index in [0.29, 0.717) is 5.69 Å². The van der Waals surface area contributed by atoms with E-state index in [4.69, 9.17) is 4.74 Å². The van der Waals surface area contributed by atoms with Gasteiger partial charge in [0.05, 0.1) is 11.3 Å². The zero-order valence-corrected chi connectivity index (χ0v) is 9.70. The van der Waals surface area contributed by atoms with Crippen LogP contribution >= 0.6 is 0 Å². The molecular formula is C13H10F3NO2. The molecule has 1 aromatic heterocycles. The number of hydrogen-bond donors (Lipinski definition) is 1. The Labute approximate surface area is 107 Å². The quantitative estimate of drug-likeness (QED) is 0.865. The number of nitrogens with one attached hydrogen (secondary N) is 1. The maximum Gasteiger partial charge on any atom is 0.419 e. The third-order valence-corrected chi connectivity index (χ3v) is 2.45. The minimum absolute atomic E-state index is 0.296. The van der Waals surface area contributed by atoms with E-state index in [2.05, 4.69) is 4.98 Å². The summed E-state index contributed by atoms with van der Waals surface area (Å²) in [5.41, 5.74) is -0.598. The zero-order valence-electron chi connectivity index (χ0n) is 9.70. The van der Waals surface area contributed by atoms with E-state index in [1.165, 1.54) is 24.3 Å². The van der Waals surface area contributed by atoms with E-state index in [-0.39, 0.29) is 5.75 Å². The molecule has 1 aromatic carbocycles. The summed E-state index contributed by atoms with van der Waals surface area (Å²) >= 11 is 0. The van der Waals surface area contributed by atoms with Crippen LogP contribution in [-0.2, 0) is 6.18 Å². The number of hydrogen-bond acceptors (Lipinski definition) is 2. The molecule has 6 heteroatoms. The number of rotatable bonds is 4. The molecule has 0 spiro atoms. The molecule has 0 saturated carbocycles. The number of aromatic nitrogens is 1. The number of aromatic amines is 1.